The lowest BCUT2D eigenvalue weighted by atomic mass is 10.3. The van der Waals surface area contributed by atoms with E-state index in [4.69, 9.17) is 10.1 Å². The summed E-state index contributed by atoms with van der Waals surface area (Å²) in [7, 11) is 0. The van der Waals surface area contributed by atoms with E-state index in [1.54, 1.807) is 27.6 Å². The van der Waals surface area contributed by atoms with Gasteiger partial charge in [0, 0.05) is 18.1 Å². The average molecular weight is 378 g/mol. The van der Waals surface area contributed by atoms with Gasteiger partial charge in [-0.2, -0.15) is 0 Å². The molecule has 0 atom stereocenters. The van der Waals surface area contributed by atoms with Crippen LogP contribution < -0.4 is 0 Å². The van der Waals surface area contributed by atoms with Crippen LogP contribution in [0.2, 0.25) is 0 Å². The average Bonchev–Trinajstić information content (AvgIpc) is 2.53. The Bertz CT molecular complexity index is 345. The zero-order chi connectivity index (χ0) is 18.4. The minimum atomic E-state index is -0.142. The normalized spacial score (nSPS) is 10.8. The van der Waals surface area contributed by atoms with Crippen molar-refractivity contribution >= 4 is 35.9 Å². The fraction of sp³-hybridized carbons (Fsp3) is 0.882. The second-order valence-electron chi connectivity index (χ2n) is 5.89. The first kappa shape index (κ1) is 23.4. The van der Waals surface area contributed by atoms with Gasteiger partial charge in [0.1, 0.15) is 0 Å². The van der Waals surface area contributed by atoms with E-state index in [-0.39, 0.29) is 18.2 Å². The number of nitrogens with one attached hydrogen (secondary N) is 1. The summed E-state index contributed by atoms with van der Waals surface area (Å²) in [4.78, 5) is 14.4. The highest BCUT2D eigenvalue weighted by Crippen LogP contribution is 2.26. The summed E-state index contributed by atoms with van der Waals surface area (Å²) in [5, 5.41) is 8.14. The molecule has 7 heteroatoms. The summed E-state index contributed by atoms with van der Waals surface area (Å²) in [5.41, 5.74) is 0. The Labute approximate surface area is 157 Å². The lowest BCUT2D eigenvalue weighted by molar-refractivity contribution is 0.167. The minimum absolute atomic E-state index is 0.0411. The van der Waals surface area contributed by atoms with Crippen molar-refractivity contribution in [2.45, 2.75) is 79.2 Å². The molecule has 142 valence electrons. The van der Waals surface area contributed by atoms with E-state index < -0.39 is 0 Å². The molecule has 0 radical (unpaired) electrons. The molecule has 2 amide bonds. The summed E-state index contributed by atoms with van der Waals surface area (Å²) in [6.45, 7) is 10.7. The van der Waals surface area contributed by atoms with Gasteiger partial charge in [-0.05, 0) is 57.0 Å². The van der Waals surface area contributed by atoms with Gasteiger partial charge >= 0.3 is 6.03 Å². The molecule has 0 fully saturated rings. The van der Waals surface area contributed by atoms with Gasteiger partial charge in [0.05, 0.1) is 6.10 Å². The number of hydrogen-bond acceptors (Lipinski definition) is 5. The third-order valence-corrected chi connectivity index (χ3v) is 5.48. The van der Waals surface area contributed by atoms with Gasteiger partial charge in [0.2, 0.25) is 0 Å². The van der Waals surface area contributed by atoms with Crippen molar-refractivity contribution in [1.29, 1.82) is 5.41 Å². The van der Waals surface area contributed by atoms with Crippen LogP contribution in [-0.4, -0.2) is 44.8 Å². The molecule has 0 aliphatic carbocycles. The van der Waals surface area contributed by atoms with Crippen molar-refractivity contribution in [2.75, 3.05) is 18.1 Å². The van der Waals surface area contributed by atoms with Crippen LogP contribution in [0.15, 0.2) is 0 Å². The third-order valence-electron chi connectivity index (χ3n) is 3.13. The van der Waals surface area contributed by atoms with E-state index in [1.807, 2.05) is 13.8 Å². The molecule has 0 aromatic heterocycles. The Morgan fingerprint density at radius 1 is 1.00 bits per heavy atom. The van der Waals surface area contributed by atoms with Crippen molar-refractivity contribution in [3.05, 3.63) is 0 Å². The summed E-state index contributed by atoms with van der Waals surface area (Å²) in [6.07, 6.45) is 6.12. The van der Waals surface area contributed by atoms with Crippen molar-refractivity contribution in [2.24, 2.45) is 0 Å². The lowest BCUT2D eigenvalue weighted by Crippen LogP contribution is -2.43. The van der Waals surface area contributed by atoms with Gasteiger partial charge in [-0.15, -0.1) is 0 Å². The molecule has 24 heavy (non-hydrogen) atoms. The maximum absolute atomic E-state index is 12.9. The molecule has 0 aromatic rings. The van der Waals surface area contributed by atoms with E-state index in [2.05, 4.69) is 20.8 Å². The Kier molecular flexibility index (Phi) is 14.4. The molecule has 0 saturated heterocycles. The number of amidine groups is 1. The van der Waals surface area contributed by atoms with Crippen LogP contribution in [0.4, 0.5) is 4.79 Å². The topological polar surface area (TPSA) is 56.6 Å². The van der Waals surface area contributed by atoms with E-state index in [9.17, 15) is 4.79 Å². The SMILES string of the molecule is CCCCSN(SCCCC)C(=O)N(CCCC)C(=N)OC(C)C. The number of rotatable bonds is 12. The molecule has 5 nitrogen and oxygen atoms in total. The van der Waals surface area contributed by atoms with Gasteiger partial charge in [0.15, 0.2) is 0 Å². The molecular weight excluding hydrogens is 342 g/mol. The summed E-state index contributed by atoms with van der Waals surface area (Å²) < 4.78 is 7.22. The number of carbonyl (C=O) groups is 1. The van der Waals surface area contributed by atoms with Crippen LogP contribution in [0.5, 0.6) is 0 Å². The first-order chi connectivity index (χ1) is 11.5. The largest absolute Gasteiger partial charge is 0.462 e. The zero-order valence-electron chi connectivity index (χ0n) is 16.0. The quantitative estimate of drug-likeness (QED) is 0.203. The lowest BCUT2D eigenvalue weighted by Gasteiger charge is -2.29. The minimum Gasteiger partial charge on any atom is -0.462 e. The number of nitrogens with zero attached hydrogens (tertiary/aromatic N) is 2. The molecule has 0 aromatic carbocycles. The van der Waals surface area contributed by atoms with Gasteiger partial charge in [-0.3, -0.25) is 5.41 Å². The Morgan fingerprint density at radius 2 is 1.50 bits per heavy atom. The number of hydrogen-bond donors (Lipinski definition) is 1. The molecule has 0 heterocycles. The standard InChI is InChI=1S/C17H35N3O2S2/c1-6-9-12-19(16(18)22-15(4)5)17(21)20(23-13-10-7-2)24-14-11-8-3/h15,18H,6-14H2,1-5H3. The zero-order valence-corrected chi connectivity index (χ0v) is 17.6. The van der Waals surface area contributed by atoms with Crippen molar-refractivity contribution in [1.82, 2.24) is 8.61 Å². The van der Waals surface area contributed by atoms with Gasteiger partial charge in [-0.25, -0.2) is 13.4 Å². The van der Waals surface area contributed by atoms with Gasteiger partial charge in [-0.1, -0.05) is 40.0 Å². The van der Waals surface area contributed by atoms with Crippen LogP contribution >= 0.6 is 23.9 Å². The van der Waals surface area contributed by atoms with Gasteiger partial charge < -0.3 is 4.74 Å². The first-order valence-corrected chi connectivity index (χ1v) is 11.0. The van der Waals surface area contributed by atoms with E-state index in [1.165, 1.54) is 4.90 Å². The molecule has 1 N–H and O–H groups in total. The van der Waals surface area contributed by atoms with Crippen molar-refractivity contribution < 1.29 is 9.53 Å². The summed E-state index contributed by atoms with van der Waals surface area (Å²) in [6, 6.07) is -0.183. The highest BCUT2D eigenvalue weighted by Gasteiger charge is 2.26. The second kappa shape index (κ2) is 14.8. The predicted octanol–water partition coefficient (Wildman–Crippen LogP) is 5.77. The Morgan fingerprint density at radius 3 is 1.92 bits per heavy atom. The number of carbonyl (C=O) groups excluding carboxylic acids is 1. The molecule has 0 aliphatic heterocycles. The molecule has 0 unspecified atom stereocenters. The molecule has 0 aliphatic rings. The first-order valence-electron chi connectivity index (χ1n) is 9.10. The Hall–Kier alpha value is -0.560. The third kappa shape index (κ3) is 10.3. The molecule has 0 rings (SSSR count). The van der Waals surface area contributed by atoms with Crippen LogP contribution in [-0.2, 0) is 4.74 Å². The second-order valence-corrected chi connectivity index (χ2v) is 8.18. The number of ether oxygens (including phenoxy) is 1. The summed E-state index contributed by atoms with van der Waals surface area (Å²) in [5.74, 6) is 1.84. The maximum atomic E-state index is 12.9. The maximum Gasteiger partial charge on any atom is 0.348 e. The van der Waals surface area contributed by atoms with Gasteiger partial charge in [0.25, 0.3) is 6.02 Å². The fourth-order valence-corrected chi connectivity index (χ4v) is 4.05. The monoisotopic (exact) mass is 377 g/mol. The predicted molar refractivity (Wildman–Crippen MR) is 108 cm³/mol. The van der Waals surface area contributed by atoms with Crippen LogP contribution in [0.25, 0.3) is 0 Å². The smallest absolute Gasteiger partial charge is 0.348 e. The Balaban J connectivity index is 4.95. The van der Waals surface area contributed by atoms with Crippen LogP contribution in [0.1, 0.15) is 73.1 Å². The highest BCUT2D eigenvalue weighted by atomic mass is 32.2. The van der Waals surface area contributed by atoms with Crippen LogP contribution in [0, 0.1) is 5.41 Å². The molecule has 0 bridgehead atoms. The molecule has 0 spiro atoms. The molecule has 0 saturated carbocycles. The summed E-state index contributed by atoms with van der Waals surface area (Å²) >= 11 is 3.11. The number of urea groups is 1. The van der Waals surface area contributed by atoms with E-state index >= 15 is 0 Å². The van der Waals surface area contributed by atoms with Crippen molar-refractivity contribution in [3.63, 3.8) is 0 Å². The highest BCUT2D eigenvalue weighted by molar-refractivity contribution is 8.12. The number of amides is 2. The number of unbranched alkanes of at least 4 members (excludes halogenated alkanes) is 3. The van der Waals surface area contributed by atoms with Crippen molar-refractivity contribution in [3.8, 4) is 0 Å². The fourth-order valence-electron chi connectivity index (χ4n) is 1.72. The van der Waals surface area contributed by atoms with E-state index in [0.29, 0.717) is 6.54 Å². The molecular formula is C17H35N3O2S2. The van der Waals surface area contributed by atoms with Crippen LogP contribution in [0.3, 0.4) is 0 Å². The van der Waals surface area contributed by atoms with E-state index in [0.717, 1.165) is 50.0 Å².